The van der Waals surface area contributed by atoms with Gasteiger partial charge in [0, 0.05) is 29.7 Å². The van der Waals surface area contributed by atoms with Gasteiger partial charge in [-0.3, -0.25) is 19.7 Å². The van der Waals surface area contributed by atoms with E-state index in [1.807, 2.05) is 72.8 Å². The van der Waals surface area contributed by atoms with Gasteiger partial charge in [-0.2, -0.15) is 0 Å². The molecule has 7 heteroatoms. The van der Waals surface area contributed by atoms with Crippen LogP contribution in [0.2, 0.25) is 0 Å². The lowest BCUT2D eigenvalue weighted by Crippen LogP contribution is -2.42. The van der Waals surface area contributed by atoms with E-state index < -0.39 is 40.5 Å². The number of non-ortho nitro benzene ring substituents is 1. The van der Waals surface area contributed by atoms with Gasteiger partial charge in [-0.05, 0) is 23.3 Å². The van der Waals surface area contributed by atoms with E-state index in [0.717, 1.165) is 11.1 Å². The Morgan fingerprint density at radius 2 is 1.24 bits per heavy atom. The van der Waals surface area contributed by atoms with Crippen molar-refractivity contribution in [2.45, 2.75) is 11.8 Å². The number of carbonyl (C=O) groups excluding carboxylic acids is 1. The maximum atomic E-state index is 13.5. The molecule has 3 aromatic carbocycles. The Morgan fingerprint density at radius 3 is 1.70 bits per heavy atom. The summed E-state index contributed by atoms with van der Waals surface area (Å²) in [6.45, 7) is 0. The molecule has 0 spiro atoms. The molecule has 0 aromatic heterocycles. The van der Waals surface area contributed by atoms with E-state index >= 15 is 0 Å². The van der Waals surface area contributed by atoms with E-state index in [-0.39, 0.29) is 5.69 Å². The second-order valence-corrected chi connectivity index (χ2v) is 7.94. The Kier molecular flexibility index (Phi) is 6.31. The number of hydrogen-bond donors (Lipinski definition) is 2. The lowest BCUT2D eigenvalue weighted by atomic mass is 9.66. The average Bonchev–Trinajstić information content (AvgIpc) is 2.84. The topological polar surface area (TPSA) is 110 Å². The summed E-state index contributed by atoms with van der Waals surface area (Å²) in [6.07, 6.45) is 3.79. The highest BCUT2D eigenvalue weighted by Crippen LogP contribution is 2.45. The van der Waals surface area contributed by atoms with E-state index in [2.05, 4.69) is 5.32 Å². The van der Waals surface area contributed by atoms with Crippen LogP contribution in [0, 0.1) is 22.0 Å². The minimum atomic E-state index is -1.06. The molecule has 4 rings (SSSR count). The molecule has 1 aliphatic carbocycles. The van der Waals surface area contributed by atoms with Crippen molar-refractivity contribution in [3.8, 4) is 0 Å². The van der Waals surface area contributed by atoms with E-state index in [1.54, 1.807) is 0 Å². The normalized spacial score (nSPS) is 21.8. The van der Waals surface area contributed by atoms with Crippen molar-refractivity contribution >= 4 is 23.3 Å². The van der Waals surface area contributed by atoms with Crippen molar-refractivity contribution in [1.82, 2.24) is 0 Å². The molecule has 1 aliphatic rings. The lowest BCUT2D eigenvalue weighted by Gasteiger charge is -2.37. The van der Waals surface area contributed by atoms with Crippen LogP contribution in [-0.4, -0.2) is 21.9 Å². The van der Waals surface area contributed by atoms with Gasteiger partial charge in [-0.1, -0.05) is 72.8 Å². The van der Waals surface area contributed by atoms with Crippen molar-refractivity contribution in [3.05, 3.63) is 118 Å². The number of rotatable bonds is 6. The summed E-state index contributed by atoms with van der Waals surface area (Å²) in [6, 6.07) is 24.1. The van der Waals surface area contributed by atoms with Gasteiger partial charge in [-0.25, -0.2) is 0 Å². The van der Waals surface area contributed by atoms with E-state index in [1.165, 1.54) is 24.3 Å². The fourth-order valence-corrected chi connectivity index (χ4v) is 4.44. The number of nitrogens with one attached hydrogen (secondary N) is 1. The predicted molar refractivity (Wildman–Crippen MR) is 124 cm³/mol. The first-order chi connectivity index (χ1) is 16.0. The van der Waals surface area contributed by atoms with Gasteiger partial charge in [-0.15, -0.1) is 0 Å². The monoisotopic (exact) mass is 442 g/mol. The van der Waals surface area contributed by atoms with E-state index in [9.17, 15) is 24.8 Å². The highest BCUT2D eigenvalue weighted by Gasteiger charge is 2.46. The second-order valence-electron chi connectivity index (χ2n) is 7.94. The van der Waals surface area contributed by atoms with Crippen LogP contribution in [-0.2, 0) is 9.59 Å². The molecule has 7 nitrogen and oxygen atoms in total. The molecule has 0 fully saturated rings. The Labute approximate surface area is 190 Å². The summed E-state index contributed by atoms with van der Waals surface area (Å²) in [7, 11) is 0. The number of carboxylic acids is 1. The van der Waals surface area contributed by atoms with Crippen LogP contribution >= 0.6 is 0 Å². The largest absolute Gasteiger partial charge is 0.481 e. The minimum absolute atomic E-state index is 0.0942. The number of allylic oxidation sites excluding steroid dienone is 2. The average molecular weight is 442 g/mol. The molecule has 0 aliphatic heterocycles. The fraction of sp³-hybridized carbons (Fsp3) is 0.154. The molecule has 0 unspecified atom stereocenters. The number of anilines is 1. The van der Waals surface area contributed by atoms with Crippen LogP contribution in [0.4, 0.5) is 11.4 Å². The molecular weight excluding hydrogens is 420 g/mol. The number of benzene rings is 3. The molecule has 4 atom stereocenters. The maximum absolute atomic E-state index is 13.5. The molecule has 3 aromatic rings. The predicted octanol–water partition coefficient (Wildman–Crippen LogP) is 4.99. The Bertz CT molecular complexity index is 1180. The van der Waals surface area contributed by atoms with Gasteiger partial charge in [0.05, 0.1) is 16.8 Å². The third-order valence-electron chi connectivity index (χ3n) is 5.99. The molecule has 166 valence electrons. The van der Waals surface area contributed by atoms with Crippen molar-refractivity contribution in [2.24, 2.45) is 11.8 Å². The Balaban J connectivity index is 1.73. The molecule has 0 saturated carbocycles. The second kappa shape index (κ2) is 9.48. The summed E-state index contributed by atoms with van der Waals surface area (Å²) in [5.74, 6) is -4.31. The first-order valence-electron chi connectivity index (χ1n) is 10.5. The molecule has 0 heterocycles. The summed E-state index contributed by atoms with van der Waals surface area (Å²) in [5, 5.41) is 23.9. The Hall–Kier alpha value is -4.26. The lowest BCUT2D eigenvalue weighted by molar-refractivity contribution is -0.384. The number of carboxylic acid groups (broad SMARTS) is 1. The molecule has 0 radical (unpaired) electrons. The molecule has 0 bridgehead atoms. The fourth-order valence-electron chi connectivity index (χ4n) is 4.44. The van der Waals surface area contributed by atoms with Crippen molar-refractivity contribution in [2.75, 3.05) is 5.32 Å². The molecule has 0 saturated heterocycles. The van der Waals surface area contributed by atoms with Crippen LogP contribution in [0.15, 0.2) is 97.1 Å². The highest BCUT2D eigenvalue weighted by molar-refractivity contribution is 5.96. The van der Waals surface area contributed by atoms with Crippen LogP contribution in [0.1, 0.15) is 23.0 Å². The number of nitro groups is 1. The Morgan fingerprint density at radius 1 is 0.758 bits per heavy atom. The minimum Gasteiger partial charge on any atom is -0.481 e. The molecule has 2 N–H and O–H groups in total. The van der Waals surface area contributed by atoms with E-state index in [0.29, 0.717) is 5.69 Å². The van der Waals surface area contributed by atoms with Crippen LogP contribution in [0.3, 0.4) is 0 Å². The molecular formula is C26H22N2O5. The number of nitro benzene ring substituents is 1. The zero-order chi connectivity index (χ0) is 23.4. The van der Waals surface area contributed by atoms with Gasteiger partial charge < -0.3 is 10.4 Å². The molecule has 1 amide bonds. The summed E-state index contributed by atoms with van der Waals surface area (Å²) >= 11 is 0. The third kappa shape index (κ3) is 4.67. The van der Waals surface area contributed by atoms with Gasteiger partial charge in [0.25, 0.3) is 5.69 Å². The summed E-state index contributed by atoms with van der Waals surface area (Å²) in [5.41, 5.74) is 1.94. The van der Waals surface area contributed by atoms with Gasteiger partial charge in [0.15, 0.2) is 0 Å². The summed E-state index contributed by atoms with van der Waals surface area (Å²) in [4.78, 5) is 36.4. The zero-order valence-corrected chi connectivity index (χ0v) is 17.6. The zero-order valence-electron chi connectivity index (χ0n) is 17.6. The van der Waals surface area contributed by atoms with Gasteiger partial charge >= 0.3 is 5.97 Å². The first kappa shape index (κ1) is 22.0. The molecule has 33 heavy (non-hydrogen) atoms. The quantitative estimate of drug-likeness (QED) is 0.318. The number of nitrogens with zero attached hydrogens (tertiary/aromatic N) is 1. The first-order valence-corrected chi connectivity index (χ1v) is 10.5. The summed E-state index contributed by atoms with van der Waals surface area (Å²) < 4.78 is 0. The van der Waals surface area contributed by atoms with Crippen molar-refractivity contribution in [3.63, 3.8) is 0 Å². The standard InChI is InChI=1S/C26H22N2O5/c29-25(27-19-11-13-20(14-12-19)28(32)33)23-21(17-7-3-1-4-8-17)15-16-22(24(23)26(30)31)18-9-5-2-6-10-18/h1-16,21-24H,(H,27,29)(H,30,31)/t21-,22+,23+,24-/m1/s1. The maximum Gasteiger partial charge on any atom is 0.308 e. The van der Waals surface area contributed by atoms with Gasteiger partial charge in [0.1, 0.15) is 0 Å². The van der Waals surface area contributed by atoms with E-state index in [4.69, 9.17) is 0 Å². The van der Waals surface area contributed by atoms with Gasteiger partial charge in [0.2, 0.25) is 5.91 Å². The smallest absolute Gasteiger partial charge is 0.308 e. The SMILES string of the molecule is O=C(Nc1ccc([N+](=O)[O-])cc1)[C@@H]1[C@H](C(=O)O)[C@H](c2ccccc2)C=C[C@@H]1c1ccccc1. The van der Waals surface area contributed by atoms with Crippen LogP contribution < -0.4 is 5.32 Å². The number of carbonyl (C=O) groups is 2. The van der Waals surface area contributed by atoms with Crippen molar-refractivity contribution < 1.29 is 19.6 Å². The number of hydrogen-bond acceptors (Lipinski definition) is 4. The van der Waals surface area contributed by atoms with Crippen LogP contribution in [0.25, 0.3) is 0 Å². The number of aliphatic carboxylic acids is 1. The highest BCUT2D eigenvalue weighted by atomic mass is 16.6. The van der Waals surface area contributed by atoms with Crippen molar-refractivity contribution in [1.29, 1.82) is 0 Å². The third-order valence-corrected chi connectivity index (χ3v) is 5.99. The van der Waals surface area contributed by atoms with Crippen LogP contribution in [0.5, 0.6) is 0 Å². The number of amides is 1.